The van der Waals surface area contributed by atoms with E-state index in [1.54, 1.807) is 25.6 Å². The summed E-state index contributed by atoms with van der Waals surface area (Å²) in [4.78, 5) is 1.35. The van der Waals surface area contributed by atoms with Crippen molar-refractivity contribution in [1.82, 2.24) is 0 Å². The maximum atomic E-state index is 5.42. The van der Waals surface area contributed by atoms with Crippen molar-refractivity contribution in [2.24, 2.45) is 0 Å². The number of thiophene rings is 1. The average molecular weight is 287 g/mol. The second-order valence-electron chi connectivity index (χ2n) is 4.80. The Bertz CT molecular complexity index is 634. The zero-order chi connectivity index (χ0) is 14.1. The highest BCUT2D eigenvalue weighted by Crippen LogP contribution is 2.45. The van der Waals surface area contributed by atoms with Gasteiger partial charge in [0.15, 0.2) is 11.5 Å². The summed E-state index contributed by atoms with van der Waals surface area (Å²) in [6.45, 7) is 4.09. The monoisotopic (exact) mass is 287 g/mol. The molecule has 0 amide bonds. The predicted octanol–water partition coefficient (Wildman–Crippen LogP) is 4.23. The molecule has 0 aliphatic carbocycles. The third-order valence-corrected chi connectivity index (χ3v) is 4.57. The molecule has 2 heterocycles. The third-order valence-electron chi connectivity index (χ3n) is 3.58. The fourth-order valence-electron chi connectivity index (χ4n) is 2.63. The van der Waals surface area contributed by atoms with E-state index in [0.29, 0.717) is 5.92 Å². The lowest BCUT2D eigenvalue weighted by Crippen LogP contribution is -2.15. The molecule has 0 bridgehead atoms. The van der Waals surface area contributed by atoms with Crippen LogP contribution >= 0.6 is 11.3 Å². The lowest BCUT2D eigenvalue weighted by Gasteiger charge is -2.28. The summed E-state index contributed by atoms with van der Waals surface area (Å²) >= 11 is 1.78. The van der Waals surface area contributed by atoms with Crippen LogP contribution in [-0.2, 0) is 0 Å². The van der Waals surface area contributed by atoms with Crippen molar-refractivity contribution >= 4 is 17.0 Å². The first kappa shape index (κ1) is 13.1. The molecule has 3 nitrogen and oxygen atoms in total. The molecule has 0 saturated carbocycles. The van der Waals surface area contributed by atoms with Gasteiger partial charge in [0.05, 0.1) is 14.2 Å². The van der Waals surface area contributed by atoms with Crippen molar-refractivity contribution in [3.8, 4) is 11.5 Å². The second kappa shape index (κ2) is 5.21. The zero-order valence-electron chi connectivity index (χ0n) is 11.6. The van der Waals surface area contributed by atoms with E-state index in [4.69, 9.17) is 9.47 Å². The van der Waals surface area contributed by atoms with Gasteiger partial charge in [0.1, 0.15) is 0 Å². The Morgan fingerprint density at radius 1 is 1.25 bits per heavy atom. The highest BCUT2D eigenvalue weighted by atomic mass is 32.1. The molecule has 1 aromatic carbocycles. The topological polar surface area (TPSA) is 30.5 Å². The number of anilines is 1. The molecule has 1 unspecified atom stereocenters. The molecule has 1 aliphatic heterocycles. The fraction of sp³-hybridized carbons (Fsp3) is 0.250. The molecule has 4 heteroatoms. The van der Waals surface area contributed by atoms with Crippen LogP contribution in [0.15, 0.2) is 41.9 Å². The molecule has 0 radical (unpaired) electrons. The van der Waals surface area contributed by atoms with Crippen LogP contribution in [0.3, 0.4) is 0 Å². The van der Waals surface area contributed by atoms with Crippen LogP contribution in [-0.4, -0.2) is 14.2 Å². The van der Waals surface area contributed by atoms with E-state index in [1.165, 1.54) is 10.4 Å². The molecular formula is C16H17NO2S. The lowest BCUT2D eigenvalue weighted by atomic mass is 9.88. The Morgan fingerprint density at radius 2 is 2.00 bits per heavy atom. The minimum atomic E-state index is 0.332. The van der Waals surface area contributed by atoms with Gasteiger partial charge in [-0.25, -0.2) is 0 Å². The van der Waals surface area contributed by atoms with Gasteiger partial charge in [0.25, 0.3) is 0 Å². The van der Waals surface area contributed by atoms with Crippen molar-refractivity contribution < 1.29 is 9.47 Å². The normalized spacial score (nSPS) is 17.3. The van der Waals surface area contributed by atoms with Crippen molar-refractivity contribution in [2.45, 2.75) is 12.3 Å². The van der Waals surface area contributed by atoms with E-state index in [0.717, 1.165) is 29.3 Å². The van der Waals surface area contributed by atoms with Crippen molar-refractivity contribution in [3.05, 3.63) is 52.4 Å². The molecule has 2 aromatic rings. The van der Waals surface area contributed by atoms with Crippen LogP contribution < -0.4 is 14.8 Å². The first-order chi connectivity index (χ1) is 9.72. The van der Waals surface area contributed by atoms with Gasteiger partial charge >= 0.3 is 0 Å². The van der Waals surface area contributed by atoms with Gasteiger partial charge < -0.3 is 14.8 Å². The average Bonchev–Trinajstić information content (AvgIpc) is 2.98. The summed E-state index contributed by atoms with van der Waals surface area (Å²) in [6, 6.07) is 8.32. The van der Waals surface area contributed by atoms with Crippen molar-refractivity contribution in [1.29, 1.82) is 0 Å². The van der Waals surface area contributed by atoms with Crippen LogP contribution in [0.25, 0.3) is 0 Å². The largest absolute Gasteiger partial charge is 0.493 e. The standard InChI is InChI=1S/C16H17NO2S/c1-10-7-12(16-5-4-6-20-16)11-8-14(18-2)15(19-3)9-13(11)17-10/h4-6,8-9,12,17H,1,7H2,2-3H3. The summed E-state index contributed by atoms with van der Waals surface area (Å²) < 4.78 is 10.8. The summed E-state index contributed by atoms with van der Waals surface area (Å²) in [6.07, 6.45) is 0.906. The van der Waals surface area contributed by atoms with Gasteiger partial charge in [-0.1, -0.05) is 12.6 Å². The number of fused-ring (bicyclic) bond motifs is 1. The van der Waals surface area contributed by atoms with E-state index in [2.05, 4.69) is 35.5 Å². The van der Waals surface area contributed by atoms with Crippen LogP contribution in [0.5, 0.6) is 11.5 Å². The second-order valence-corrected chi connectivity index (χ2v) is 5.77. The molecule has 0 spiro atoms. The summed E-state index contributed by atoms with van der Waals surface area (Å²) in [5.74, 6) is 1.83. The van der Waals surface area contributed by atoms with E-state index < -0.39 is 0 Å². The van der Waals surface area contributed by atoms with Gasteiger partial charge in [-0.15, -0.1) is 11.3 Å². The number of hydrogen-bond donors (Lipinski definition) is 1. The van der Waals surface area contributed by atoms with Gasteiger partial charge in [0.2, 0.25) is 0 Å². The molecular weight excluding hydrogens is 270 g/mol. The fourth-order valence-corrected chi connectivity index (χ4v) is 3.48. The molecule has 0 fully saturated rings. The molecule has 0 saturated heterocycles. The van der Waals surface area contributed by atoms with Gasteiger partial charge in [-0.3, -0.25) is 0 Å². The van der Waals surface area contributed by atoms with Crippen LogP contribution in [0.4, 0.5) is 5.69 Å². The van der Waals surface area contributed by atoms with E-state index in [9.17, 15) is 0 Å². The van der Waals surface area contributed by atoms with Gasteiger partial charge in [0, 0.05) is 28.2 Å². The molecule has 1 aromatic heterocycles. The number of rotatable bonds is 3. The van der Waals surface area contributed by atoms with Crippen molar-refractivity contribution in [2.75, 3.05) is 19.5 Å². The number of benzene rings is 1. The highest BCUT2D eigenvalue weighted by molar-refractivity contribution is 7.10. The Balaban J connectivity index is 2.13. The van der Waals surface area contributed by atoms with Crippen LogP contribution in [0, 0.1) is 0 Å². The minimum Gasteiger partial charge on any atom is -0.493 e. The Kier molecular flexibility index (Phi) is 3.40. The zero-order valence-corrected chi connectivity index (χ0v) is 12.4. The number of ether oxygens (including phenoxy) is 2. The lowest BCUT2D eigenvalue weighted by molar-refractivity contribution is 0.354. The molecule has 1 aliphatic rings. The first-order valence-corrected chi connectivity index (χ1v) is 7.35. The smallest absolute Gasteiger partial charge is 0.162 e. The number of nitrogens with one attached hydrogen (secondary N) is 1. The Labute approximate surface area is 122 Å². The molecule has 3 rings (SSSR count). The number of allylic oxidation sites excluding steroid dienone is 1. The SMILES string of the molecule is C=C1CC(c2cccs2)c2cc(OC)c(OC)cc2N1. The predicted molar refractivity (Wildman–Crippen MR) is 83.1 cm³/mol. The third kappa shape index (κ3) is 2.16. The Hall–Kier alpha value is -1.94. The van der Waals surface area contributed by atoms with Crippen LogP contribution in [0.2, 0.25) is 0 Å². The van der Waals surface area contributed by atoms with E-state index in [-0.39, 0.29) is 0 Å². The minimum absolute atomic E-state index is 0.332. The summed E-state index contributed by atoms with van der Waals surface area (Å²) in [5.41, 5.74) is 3.32. The number of hydrogen-bond acceptors (Lipinski definition) is 4. The van der Waals surface area contributed by atoms with Gasteiger partial charge in [-0.2, -0.15) is 0 Å². The molecule has 1 atom stereocenters. The molecule has 104 valence electrons. The summed E-state index contributed by atoms with van der Waals surface area (Å²) in [7, 11) is 3.32. The maximum absolute atomic E-state index is 5.42. The molecule has 1 N–H and O–H groups in total. The van der Waals surface area contributed by atoms with Crippen molar-refractivity contribution in [3.63, 3.8) is 0 Å². The molecule has 20 heavy (non-hydrogen) atoms. The van der Waals surface area contributed by atoms with Crippen LogP contribution in [0.1, 0.15) is 22.8 Å². The van der Waals surface area contributed by atoms with E-state index >= 15 is 0 Å². The van der Waals surface area contributed by atoms with E-state index in [1.807, 2.05) is 6.07 Å². The summed E-state index contributed by atoms with van der Waals surface area (Å²) in [5, 5.41) is 5.46. The maximum Gasteiger partial charge on any atom is 0.162 e. The first-order valence-electron chi connectivity index (χ1n) is 6.47. The quantitative estimate of drug-likeness (QED) is 0.916. The highest BCUT2D eigenvalue weighted by Gasteiger charge is 2.26. The van der Waals surface area contributed by atoms with Gasteiger partial charge in [-0.05, 0) is 29.5 Å². The number of methoxy groups -OCH3 is 2. The Morgan fingerprint density at radius 3 is 2.65 bits per heavy atom.